The van der Waals surface area contributed by atoms with Crippen molar-refractivity contribution in [3.8, 4) is 0 Å². The Bertz CT molecular complexity index is 820. The summed E-state index contributed by atoms with van der Waals surface area (Å²) in [7, 11) is 1.83. The lowest BCUT2D eigenvalue weighted by atomic mass is 9.46. The molecule has 0 radical (unpaired) electrons. The van der Waals surface area contributed by atoms with Gasteiger partial charge in [-0.2, -0.15) is 0 Å². The summed E-state index contributed by atoms with van der Waals surface area (Å²) in [5.41, 5.74) is 4.54. The van der Waals surface area contributed by atoms with Gasteiger partial charge in [0.15, 0.2) is 12.1 Å². The molecule has 30 heavy (non-hydrogen) atoms. The molecule has 0 aromatic carbocycles. The summed E-state index contributed by atoms with van der Waals surface area (Å²) in [4.78, 5) is 0. The van der Waals surface area contributed by atoms with Crippen molar-refractivity contribution < 1.29 is 14.2 Å². The zero-order valence-corrected chi connectivity index (χ0v) is 19.7. The number of allylic oxidation sites excluding steroid dienone is 3. The fourth-order valence-electron chi connectivity index (χ4n) is 10.5. The van der Waals surface area contributed by atoms with Crippen LogP contribution < -0.4 is 0 Å². The number of methoxy groups -OCH3 is 1. The van der Waals surface area contributed by atoms with Gasteiger partial charge >= 0.3 is 0 Å². The molecule has 5 aliphatic carbocycles. The molecule has 6 atom stereocenters. The van der Waals surface area contributed by atoms with Gasteiger partial charge in [-0.1, -0.05) is 31.4 Å². The predicted octanol–water partition coefficient (Wildman–Crippen LogP) is 6.74. The smallest absolute Gasteiger partial charge is 0.178 e. The van der Waals surface area contributed by atoms with Gasteiger partial charge in [0.1, 0.15) is 0 Å². The van der Waals surface area contributed by atoms with Crippen LogP contribution in [0.1, 0.15) is 91.9 Å². The topological polar surface area (TPSA) is 27.7 Å². The highest BCUT2D eigenvalue weighted by Gasteiger charge is 2.82. The van der Waals surface area contributed by atoms with Crippen molar-refractivity contribution in [1.29, 1.82) is 0 Å². The lowest BCUT2D eigenvalue weighted by Gasteiger charge is -2.63. The second-order valence-electron chi connectivity index (χ2n) is 11.7. The Morgan fingerprint density at radius 2 is 1.93 bits per heavy atom. The van der Waals surface area contributed by atoms with E-state index in [1.54, 1.807) is 11.1 Å². The molecule has 0 N–H and O–H groups in total. The molecule has 4 fully saturated rings. The van der Waals surface area contributed by atoms with Crippen LogP contribution in [0.4, 0.5) is 0 Å². The van der Waals surface area contributed by atoms with E-state index in [2.05, 4.69) is 33.8 Å². The molecule has 3 saturated carbocycles. The van der Waals surface area contributed by atoms with Gasteiger partial charge < -0.3 is 14.2 Å². The maximum atomic E-state index is 6.47. The van der Waals surface area contributed by atoms with Crippen LogP contribution in [0.5, 0.6) is 0 Å². The standard InChI is InChI=1S/C27H40O3/c1-6-19-16-26-13-14-27(19,25(4)29-17(2)30-25)24(26,3)12-11-22-21-9-8-20(28-5)15-18(21)7-10-23(22)26/h8,17,19,22-23H,6-7,9-16H2,1-5H3/t17?,19-,22-,23-,24+,25?,26?,27+/m1/s1. The van der Waals surface area contributed by atoms with Crippen LogP contribution in [0.2, 0.25) is 0 Å². The van der Waals surface area contributed by atoms with Crippen LogP contribution in [0.25, 0.3) is 0 Å². The number of hydrogen-bond donors (Lipinski definition) is 0. The molecule has 2 bridgehead atoms. The average molecular weight is 413 g/mol. The summed E-state index contributed by atoms with van der Waals surface area (Å²) < 4.78 is 18.5. The predicted molar refractivity (Wildman–Crippen MR) is 117 cm³/mol. The van der Waals surface area contributed by atoms with E-state index in [1.165, 1.54) is 57.1 Å². The molecule has 1 aliphatic heterocycles. The zero-order valence-electron chi connectivity index (χ0n) is 19.7. The molecule has 0 amide bonds. The third-order valence-electron chi connectivity index (χ3n) is 11.5. The summed E-state index contributed by atoms with van der Waals surface area (Å²) in [6.07, 6.45) is 15.3. The van der Waals surface area contributed by atoms with E-state index in [-0.39, 0.29) is 17.5 Å². The molecule has 1 saturated heterocycles. The Morgan fingerprint density at radius 3 is 2.63 bits per heavy atom. The van der Waals surface area contributed by atoms with Crippen LogP contribution in [0.3, 0.4) is 0 Å². The molecule has 6 aliphatic rings. The van der Waals surface area contributed by atoms with E-state index in [0.29, 0.717) is 10.8 Å². The van der Waals surface area contributed by atoms with Crippen molar-refractivity contribution >= 4 is 0 Å². The van der Waals surface area contributed by atoms with Gasteiger partial charge in [0, 0.05) is 11.8 Å². The molecular weight excluding hydrogens is 372 g/mol. The molecule has 3 heteroatoms. The van der Waals surface area contributed by atoms with Gasteiger partial charge in [0.2, 0.25) is 0 Å². The van der Waals surface area contributed by atoms with Crippen molar-refractivity contribution in [3.63, 3.8) is 0 Å². The third-order valence-corrected chi connectivity index (χ3v) is 11.5. The van der Waals surface area contributed by atoms with Gasteiger partial charge in [-0.3, -0.25) is 0 Å². The summed E-state index contributed by atoms with van der Waals surface area (Å²) in [5.74, 6) is 3.20. The van der Waals surface area contributed by atoms with E-state index in [0.717, 1.165) is 30.6 Å². The Morgan fingerprint density at radius 1 is 1.13 bits per heavy atom. The van der Waals surface area contributed by atoms with E-state index in [4.69, 9.17) is 14.2 Å². The van der Waals surface area contributed by atoms with Crippen molar-refractivity contribution in [3.05, 3.63) is 23.0 Å². The Balaban J connectivity index is 1.40. The fourth-order valence-corrected chi connectivity index (χ4v) is 10.5. The Labute approximate surface area is 182 Å². The van der Waals surface area contributed by atoms with Crippen LogP contribution in [0, 0.1) is 34.0 Å². The van der Waals surface area contributed by atoms with Gasteiger partial charge in [0.25, 0.3) is 0 Å². The lowest BCUT2D eigenvalue weighted by Crippen LogP contribution is -2.66. The molecule has 0 spiro atoms. The largest absolute Gasteiger partial charge is 0.501 e. The highest BCUT2D eigenvalue weighted by atomic mass is 16.9. The van der Waals surface area contributed by atoms with E-state index in [9.17, 15) is 0 Å². The summed E-state index contributed by atoms with van der Waals surface area (Å²) in [6, 6.07) is 0. The van der Waals surface area contributed by atoms with Crippen molar-refractivity contribution in [2.24, 2.45) is 34.0 Å². The minimum Gasteiger partial charge on any atom is -0.501 e. The highest BCUT2D eigenvalue weighted by Crippen LogP contribution is 2.85. The normalized spacial score (nSPS) is 54.1. The maximum Gasteiger partial charge on any atom is 0.178 e. The van der Waals surface area contributed by atoms with Crippen LogP contribution >= 0.6 is 0 Å². The minimum absolute atomic E-state index is 0.0381. The first-order chi connectivity index (χ1) is 14.3. The molecule has 1 heterocycles. The second-order valence-corrected chi connectivity index (χ2v) is 11.7. The van der Waals surface area contributed by atoms with E-state index < -0.39 is 0 Å². The molecule has 0 aromatic heterocycles. The molecule has 0 aromatic rings. The zero-order chi connectivity index (χ0) is 20.9. The van der Waals surface area contributed by atoms with Gasteiger partial charge in [0.05, 0.1) is 12.9 Å². The van der Waals surface area contributed by atoms with Gasteiger partial charge in [-0.05, 0) is 99.9 Å². The molecule has 1 unspecified atom stereocenters. The van der Waals surface area contributed by atoms with Crippen molar-refractivity contribution in [2.45, 2.75) is 104 Å². The minimum atomic E-state index is -0.382. The highest BCUT2D eigenvalue weighted by molar-refractivity contribution is 5.36. The molecule has 6 rings (SSSR count). The quantitative estimate of drug-likeness (QED) is 0.480. The van der Waals surface area contributed by atoms with Crippen molar-refractivity contribution in [1.82, 2.24) is 0 Å². The van der Waals surface area contributed by atoms with Crippen molar-refractivity contribution in [2.75, 3.05) is 7.11 Å². The van der Waals surface area contributed by atoms with E-state index in [1.807, 2.05) is 7.11 Å². The number of ether oxygens (including phenoxy) is 3. The molecule has 166 valence electrons. The van der Waals surface area contributed by atoms with Crippen LogP contribution in [0.15, 0.2) is 23.0 Å². The van der Waals surface area contributed by atoms with E-state index >= 15 is 0 Å². The number of fused-ring (bicyclic) bond motifs is 2. The molecular formula is C27H40O3. The average Bonchev–Trinajstić information content (AvgIpc) is 3.14. The molecule has 3 nitrogen and oxygen atoms in total. The lowest BCUT2D eigenvalue weighted by molar-refractivity contribution is -0.488. The maximum absolute atomic E-state index is 6.47. The SMILES string of the molecule is CC[C@@H]1CC23CC[C@@]1(C1(C)OC(C)O1)[C@@]2(C)CC[C@@H]1C2=C(CC[C@H]13)CC(OC)=CC2. The Hall–Kier alpha value is -0.800. The number of hydrogen-bond acceptors (Lipinski definition) is 3. The Kier molecular flexibility index (Phi) is 4.08. The fraction of sp³-hybridized carbons (Fsp3) is 0.852. The first kappa shape index (κ1) is 19.9. The summed E-state index contributed by atoms with van der Waals surface area (Å²) in [6.45, 7) is 9.44. The first-order valence-electron chi connectivity index (χ1n) is 12.6. The van der Waals surface area contributed by atoms with Crippen LogP contribution in [-0.2, 0) is 14.2 Å². The number of rotatable bonds is 3. The monoisotopic (exact) mass is 412 g/mol. The third kappa shape index (κ3) is 2.02. The first-order valence-corrected chi connectivity index (χ1v) is 12.6. The van der Waals surface area contributed by atoms with Gasteiger partial charge in [-0.15, -0.1) is 0 Å². The summed E-state index contributed by atoms with van der Waals surface area (Å²) in [5, 5.41) is 0. The summed E-state index contributed by atoms with van der Waals surface area (Å²) >= 11 is 0. The second kappa shape index (κ2) is 6.16. The van der Waals surface area contributed by atoms with Crippen LogP contribution in [-0.4, -0.2) is 19.2 Å². The van der Waals surface area contributed by atoms with Gasteiger partial charge in [-0.25, -0.2) is 0 Å².